The van der Waals surface area contributed by atoms with Gasteiger partial charge in [0.05, 0.1) is 7.11 Å². The molecule has 0 spiro atoms. The highest BCUT2D eigenvalue weighted by atomic mass is 16.5. The summed E-state index contributed by atoms with van der Waals surface area (Å²) in [6, 6.07) is 4.18. The van der Waals surface area contributed by atoms with E-state index >= 15 is 0 Å². The summed E-state index contributed by atoms with van der Waals surface area (Å²) in [5.41, 5.74) is 8.51. The Bertz CT molecular complexity index is 462. The van der Waals surface area contributed by atoms with E-state index in [2.05, 4.69) is 5.32 Å². The summed E-state index contributed by atoms with van der Waals surface area (Å²) >= 11 is 0. The highest BCUT2D eigenvalue weighted by molar-refractivity contribution is 5.95. The van der Waals surface area contributed by atoms with Gasteiger partial charge in [-0.1, -0.05) is 0 Å². The van der Waals surface area contributed by atoms with Crippen molar-refractivity contribution < 1.29 is 9.53 Å². The maximum Gasteiger partial charge on any atom is 0.251 e. The standard InChI is InChI=1S/C15H22N2O2/c1-9-6-11(7-10(2)14(9)19-3)15(18)17-13-5-4-12(16)8-13/h6-7,12-13H,4-5,8,16H2,1-3H3,(H,17,18)/t12-,13-/m1/s1. The molecule has 4 heteroatoms. The molecule has 0 radical (unpaired) electrons. The fourth-order valence-corrected chi connectivity index (χ4v) is 2.82. The normalized spacial score (nSPS) is 22.3. The second-order valence-corrected chi connectivity index (χ2v) is 5.39. The first-order valence-corrected chi connectivity index (χ1v) is 6.73. The second-order valence-electron chi connectivity index (χ2n) is 5.39. The van der Waals surface area contributed by atoms with Crippen LogP contribution in [0.15, 0.2) is 12.1 Å². The molecule has 19 heavy (non-hydrogen) atoms. The summed E-state index contributed by atoms with van der Waals surface area (Å²) in [4.78, 5) is 12.2. The van der Waals surface area contributed by atoms with Crippen molar-refractivity contribution in [3.63, 3.8) is 0 Å². The minimum atomic E-state index is -0.0204. The molecular weight excluding hydrogens is 240 g/mol. The Morgan fingerprint density at radius 1 is 1.32 bits per heavy atom. The molecule has 1 aromatic rings. The molecule has 2 rings (SSSR count). The number of methoxy groups -OCH3 is 1. The van der Waals surface area contributed by atoms with Crippen molar-refractivity contribution in [3.05, 3.63) is 28.8 Å². The average molecular weight is 262 g/mol. The van der Waals surface area contributed by atoms with Gasteiger partial charge in [0.1, 0.15) is 5.75 Å². The van der Waals surface area contributed by atoms with E-state index in [1.165, 1.54) is 0 Å². The fourth-order valence-electron chi connectivity index (χ4n) is 2.82. The molecular formula is C15H22N2O2. The van der Waals surface area contributed by atoms with Crippen molar-refractivity contribution in [3.8, 4) is 5.75 Å². The molecule has 0 bridgehead atoms. The molecule has 1 aliphatic rings. The van der Waals surface area contributed by atoms with Gasteiger partial charge in [0.2, 0.25) is 0 Å². The molecule has 1 fully saturated rings. The summed E-state index contributed by atoms with van der Waals surface area (Å²) < 4.78 is 5.31. The van der Waals surface area contributed by atoms with Gasteiger partial charge in [-0.2, -0.15) is 0 Å². The van der Waals surface area contributed by atoms with Gasteiger partial charge in [0, 0.05) is 17.6 Å². The first kappa shape index (κ1) is 13.9. The molecule has 1 saturated carbocycles. The van der Waals surface area contributed by atoms with Crippen molar-refractivity contribution >= 4 is 5.91 Å². The minimum Gasteiger partial charge on any atom is -0.496 e. The van der Waals surface area contributed by atoms with Crippen molar-refractivity contribution in [2.24, 2.45) is 5.73 Å². The lowest BCUT2D eigenvalue weighted by atomic mass is 10.0. The number of rotatable bonds is 3. The van der Waals surface area contributed by atoms with E-state index in [9.17, 15) is 4.79 Å². The summed E-state index contributed by atoms with van der Waals surface area (Å²) in [6.45, 7) is 3.90. The molecule has 0 aliphatic heterocycles. The highest BCUT2D eigenvalue weighted by Gasteiger charge is 2.23. The van der Waals surface area contributed by atoms with Gasteiger partial charge in [0.25, 0.3) is 5.91 Å². The van der Waals surface area contributed by atoms with E-state index in [0.717, 1.165) is 36.1 Å². The van der Waals surface area contributed by atoms with Crippen LogP contribution in [0.25, 0.3) is 0 Å². The lowest BCUT2D eigenvalue weighted by molar-refractivity contribution is 0.0937. The number of benzene rings is 1. The van der Waals surface area contributed by atoms with Crippen molar-refractivity contribution in [2.45, 2.75) is 45.2 Å². The number of hydrogen-bond acceptors (Lipinski definition) is 3. The van der Waals surface area contributed by atoms with Gasteiger partial charge in [0.15, 0.2) is 0 Å². The zero-order valence-corrected chi connectivity index (χ0v) is 11.8. The maximum atomic E-state index is 12.2. The van der Waals surface area contributed by atoms with Crippen LogP contribution < -0.4 is 15.8 Å². The van der Waals surface area contributed by atoms with E-state index in [4.69, 9.17) is 10.5 Å². The van der Waals surface area contributed by atoms with Gasteiger partial charge in [-0.3, -0.25) is 4.79 Å². The third-order valence-corrected chi connectivity index (χ3v) is 3.74. The third kappa shape index (κ3) is 3.07. The summed E-state index contributed by atoms with van der Waals surface area (Å²) in [5, 5.41) is 3.06. The molecule has 104 valence electrons. The molecule has 0 unspecified atom stereocenters. The van der Waals surface area contributed by atoms with E-state index in [1.807, 2.05) is 26.0 Å². The molecule has 1 aromatic carbocycles. The van der Waals surface area contributed by atoms with Crippen molar-refractivity contribution in [1.29, 1.82) is 0 Å². The molecule has 0 saturated heterocycles. The first-order valence-electron chi connectivity index (χ1n) is 6.73. The summed E-state index contributed by atoms with van der Waals surface area (Å²) in [5.74, 6) is 0.826. The maximum absolute atomic E-state index is 12.2. The van der Waals surface area contributed by atoms with E-state index in [0.29, 0.717) is 5.56 Å². The van der Waals surface area contributed by atoms with E-state index in [-0.39, 0.29) is 18.0 Å². The summed E-state index contributed by atoms with van der Waals surface area (Å²) in [6.07, 6.45) is 2.84. The lowest BCUT2D eigenvalue weighted by Gasteiger charge is -2.15. The summed E-state index contributed by atoms with van der Waals surface area (Å²) in [7, 11) is 1.65. The Labute approximate surface area is 114 Å². The predicted octanol–water partition coefficient (Wildman–Crippen LogP) is 1.92. The molecule has 2 atom stereocenters. The van der Waals surface area contributed by atoms with Crippen LogP contribution >= 0.6 is 0 Å². The number of aryl methyl sites for hydroxylation is 2. The molecule has 0 aromatic heterocycles. The van der Waals surface area contributed by atoms with Crippen molar-refractivity contribution in [2.75, 3.05) is 7.11 Å². The zero-order chi connectivity index (χ0) is 14.0. The molecule has 4 nitrogen and oxygen atoms in total. The lowest BCUT2D eigenvalue weighted by Crippen LogP contribution is -2.34. The van der Waals surface area contributed by atoms with Gasteiger partial charge >= 0.3 is 0 Å². The van der Waals surface area contributed by atoms with Gasteiger partial charge in [-0.25, -0.2) is 0 Å². The van der Waals surface area contributed by atoms with Gasteiger partial charge in [-0.05, 0) is 56.4 Å². The Balaban J connectivity index is 2.11. The Hall–Kier alpha value is -1.55. The Morgan fingerprint density at radius 2 is 1.95 bits per heavy atom. The number of carbonyl (C=O) groups is 1. The van der Waals surface area contributed by atoms with Crippen LogP contribution in [-0.4, -0.2) is 25.1 Å². The molecule has 0 heterocycles. The second kappa shape index (κ2) is 5.61. The Kier molecular flexibility index (Phi) is 4.10. The largest absolute Gasteiger partial charge is 0.496 e. The third-order valence-electron chi connectivity index (χ3n) is 3.74. The zero-order valence-electron chi connectivity index (χ0n) is 11.8. The number of nitrogens with one attached hydrogen (secondary N) is 1. The van der Waals surface area contributed by atoms with Gasteiger partial charge < -0.3 is 15.8 Å². The van der Waals surface area contributed by atoms with Crippen LogP contribution in [0.4, 0.5) is 0 Å². The Morgan fingerprint density at radius 3 is 2.42 bits per heavy atom. The minimum absolute atomic E-state index is 0.0204. The fraction of sp³-hybridized carbons (Fsp3) is 0.533. The average Bonchev–Trinajstić information content (AvgIpc) is 2.74. The SMILES string of the molecule is COc1c(C)cc(C(=O)N[C@@H]2CC[C@@H](N)C2)cc1C. The van der Waals surface area contributed by atoms with Crippen LogP contribution in [0.5, 0.6) is 5.75 Å². The number of hydrogen-bond donors (Lipinski definition) is 2. The first-order chi connectivity index (χ1) is 9.01. The molecule has 3 N–H and O–H groups in total. The molecule has 1 amide bonds. The quantitative estimate of drug-likeness (QED) is 0.874. The molecule has 1 aliphatic carbocycles. The van der Waals surface area contributed by atoms with Gasteiger partial charge in [-0.15, -0.1) is 0 Å². The highest BCUT2D eigenvalue weighted by Crippen LogP contribution is 2.25. The van der Waals surface area contributed by atoms with E-state index in [1.54, 1.807) is 7.11 Å². The van der Waals surface area contributed by atoms with Crippen LogP contribution in [0.2, 0.25) is 0 Å². The number of ether oxygens (including phenoxy) is 1. The monoisotopic (exact) mass is 262 g/mol. The predicted molar refractivity (Wildman–Crippen MR) is 75.5 cm³/mol. The van der Waals surface area contributed by atoms with Crippen LogP contribution in [0.3, 0.4) is 0 Å². The van der Waals surface area contributed by atoms with E-state index < -0.39 is 0 Å². The van der Waals surface area contributed by atoms with Crippen LogP contribution in [0.1, 0.15) is 40.7 Å². The topological polar surface area (TPSA) is 64.3 Å². The van der Waals surface area contributed by atoms with Crippen molar-refractivity contribution in [1.82, 2.24) is 5.32 Å². The number of amides is 1. The van der Waals surface area contributed by atoms with Crippen LogP contribution in [-0.2, 0) is 0 Å². The number of nitrogens with two attached hydrogens (primary N) is 1. The smallest absolute Gasteiger partial charge is 0.251 e. The number of carbonyl (C=O) groups excluding carboxylic acids is 1. The van der Waals surface area contributed by atoms with Crippen LogP contribution in [0, 0.1) is 13.8 Å².